The summed E-state index contributed by atoms with van der Waals surface area (Å²) in [6.45, 7) is 0. The Morgan fingerprint density at radius 3 is 2.61 bits per heavy atom. The molecular weight excluding hydrogens is 250 g/mol. The molecule has 0 radical (unpaired) electrons. The number of hydrogen-bond acceptors (Lipinski definition) is 3. The number of hydrogen-bond donors (Lipinski definition) is 2. The van der Waals surface area contributed by atoms with Crippen molar-refractivity contribution in [3.8, 4) is 5.75 Å². The molecule has 3 nitrogen and oxygen atoms in total. The normalized spacial score (nSPS) is 12.2. The number of methoxy groups -OCH3 is 1. The van der Waals surface area contributed by atoms with Gasteiger partial charge in [-0.2, -0.15) is 0 Å². The van der Waals surface area contributed by atoms with Crippen LogP contribution in [0.1, 0.15) is 17.2 Å². The first-order valence-electron chi connectivity index (χ1n) is 5.49. The van der Waals surface area contributed by atoms with E-state index in [0.717, 1.165) is 0 Å². The van der Waals surface area contributed by atoms with Crippen LogP contribution >= 0.6 is 11.6 Å². The SMILES string of the molecule is COc1ccccc1[C@@H](O)c1cc(Cl)ccc1N. The standard InChI is InChI=1S/C14H14ClNO2/c1-18-13-5-3-2-4-10(13)14(17)11-8-9(15)6-7-12(11)16/h2-8,14,17H,16H2,1H3/t14-/m1/s1. The third-order valence-electron chi connectivity index (χ3n) is 2.78. The van der Waals surface area contributed by atoms with E-state index in [4.69, 9.17) is 22.1 Å². The van der Waals surface area contributed by atoms with Crippen LogP contribution in [-0.2, 0) is 0 Å². The number of anilines is 1. The molecule has 4 heteroatoms. The molecule has 0 unspecified atom stereocenters. The number of benzene rings is 2. The number of rotatable bonds is 3. The Morgan fingerprint density at radius 2 is 1.89 bits per heavy atom. The summed E-state index contributed by atoms with van der Waals surface area (Å²) in [6.07, 6.45) is -0.861. The summed E-state index contributed by atoms with van der Waals surface area (Å²) in [5.41, 5.74) is 7.59. The summed E-state index contributed by atoms with van der Waals surface area (Å²) in [5, 5.41) is 10.9. The van der Waals surface area contributed by atoms with E-state index in [2.05, 4.69) is 0 Å². The average Bonchev–Trinajstić information content (AvgIpc) is 2.40. The summed E-state index contributed by atoms with van der Waals surface area (Å²) in [5.74, 6) is 0.615. The van der Waals surface area contributed by atoms with Gasteiger partial charge < -0.3 is 15.6 Å². The number of aliphatic hydroxyl groups is 1. The molecule has 0 spiro atoms. The zero-order valence-corrected chi connectivity index (χ0v) is 10.7. The second kappa shape index (κ2) is 5.29. The van der Waals surface area contributed by atoms with E-state index in [1.807, 2.05) is 12.1 Å². The molecule has 94 valence electrons. The van der Waals surface area contributed by atoms with Crippen LogP contribution in [0.25, 0.3) is 0 Å². The van der Waals surface area contributed by atoms with Crippen molar-refractivity contribution in [3.63, 3.8) is 0 Å². The molecule has 0 aliphatic heterocycles. The van der Waals surface area contributed by atoms with Gasteiger partial charge in [-0.15, -0.1) is 0 Å². The van der Waals surface area contributed by atoms with Crippen molar-refractivity contribution < 1.29 is 9.84 Å². The predicted octanol–water partition coefficient (Wildman–Crippen LogP) is 3.01. The van der Waals surface area contributed by atoms with Crippen molar-refractivity contribution in [3.05, 3.63) is 58.6 Å². The third-order valence-corrected chi connectivity index (χ3v) is 3.01. The van der Waals surface area contributed by atoms with Gasteiger partial charge in [0.05, 0.1) is 7.11 Å². The fourth-order valence-corrected chi connectivity index (χ4v) is 2.02. The number of para-hydroxylation sites is 1. The highest BCUT2D eigenvalue weighted by atomic mass is 35.5. The average molecular weight is 264 g/mol. The molecule has 2 aromatic rings. The van der Waals surface area contributed by atoms with Crippen LogP contribution < -0.4 is 10.5 Å². The van der Waals surface area contributed by atoms with Crippen LogP contribution in [0, 0.1) is 0 Å². The Bertz CT molecular complexity index is 557. The summed E-state index contributed by atoms with van der Waals surface area (Å²) < 4.78 is 5.22. The highest BCUT2D eigenvalue weighted by molar-refractivity contribution is 6.30. The fraction of sp³-hybridized carbons (Fsp3) is 0.143. The molecule has 0 bridgehead atoms. The van der Waals surface area contributed by atoms with Crippen LogP contribution in [0.3, 0.4) is 0 Å². The second-order valence-electron chi connectivity index (χ2n) is 3.92. The molecule has 0 heterocycles. The Hall–Kier alpha value is -1.71. The molecule has 0 fully saturated rings. The van der Waals surface area contributed by atoms with Gasteiger partial charge in [0.15, 0.2) is 0 Å². The van der Waals surface area contributed by atoms with Crippen molar-refractivity contribution in [2.45, 2.75) is 6.10 Å². The van der Waals surface area contributed by atoms with E-state index in [1.54, 1.807) is 37.4 Å². The summed E-state index contributed by atoms with van der Waals surface area (Å²) in [7, 11) is 1.56. The molecule has 0 saturated heterocycles. The van der Waals surface area contributed by atoms with Gasteiger partial charge in [0, 0.05) is 21.8 Å². The molecule has 0 amide bonds. The Balaban J connectivity index is 2.47. The largest absolute Gasteiger partial charge is 0.496 e. The number of aliphatic hydroxyl groups excluding tert-OH is 1. The molecule has 3 N–H and O–H groups in total. The minimum atomic E-state index is -0.861. The summed E-state index contributed by atoms with van der Waals surface area (Å²) in [4.78, 5) is 0. The molecule has 2 rings (SSSR count). The maximum absolute atomic E-state index is 10.4. The van der Waals surface area contributed by atoms with Crippen LogP contribution in [0.4, 0.5) is 5.69 Å². The van der Waals surface area contributed by atoms with E-state index in [-0.39, 0.29) is 0 Å². The van der Waals surface area contributed by atoms with Gasteiger partial charge in [0.25, 0.3) is 0 Å². The topological polar surface area (TPSA) is 55.5 Å². The van der Waals surface area contributed by atoms with E-state index in [9.17, 15) is 5.11 Å². The lowest BCUT2D eigenvalue weighted by atomic mass is 9.99. The van der Waals surface area contributed by atoms with E-state index in [0.29, 0.717) is 27.6 Å². The van der Waals surface area contributed by atoms with Gasteiger partial charge in [0.2, 0.25) is 0 Å². The lowest BCUT2D eigenvalue weighted by Crippen LogP contribution is -2.05. The second-order valence-corrected chi connectivity index (χ2v) is 4.35. The lowest BCUT2D eigenvalue weighted by Gasteiger charge is -2.16. The first-order chi connectivity index (χ1) is 8.63. The Kier molecular flexibility index (Phi) is 3.75. The van der Waals surface area contributed by atoms with Crippen LogP contribution in [0.2, 0.25) is 5.02 Å². The van der Waals surface area contributed by atoms with Gasteiger partial charge in [-0.1, -0.05) is 29.8 Å². The number of nitrogens with two attached hydrogens (primary N) is 1. The highest BCUT2D eigenvalue weighted by Crippen LogP contribution is 2.33. The van der Waals surface area contributed by atoms with E-state index < -0.39 is 6.10 Å². The van der Waals surface area contributed by atoms with Gasteiger partial charge >= 0.3 is 0 Å². The minimum Gasteiger partial charge on any atom is -0.496 e. The quantitative estimate of drug-likeness (QED) is 0.837. The van der Waals surface area contributed by atoms with E-state index >= 15 is 0 Å². The first-order valence-corrected chi connectivity index (χ1v) is 5.87. The zero-order chi connectivity index (χ0) is 13.1. The van der Waals surface area contributed by atoms with Gasteiger partial charge in [0.1, 0.15) is 11.9 Å². The Labute approximate surface area is 111 Å². The van der Waals surface area contributed by atoms with Crippen molar-refractivity contribution in [2.75, 3.05) is 12.8 Å². The molecule has 0 saturated carbocycles. The van der Waals surface area contributed by atoms with Gasteiger partial charge in [-0.3, -0.25) is 0 Å². The maximum Gasteiger partial charge on any atom is 0.125 e. The molecular formula is C14H14ClNO2. The van der Waals surface area contributed by atoms with Gasteiger partial charge in [-0.25, -0.2) is 0 Å². The maximum atomic E-state index is 10.4. The fourth-order valence-electron chi connectivity index (χ4n) is 1.84. The van der Waals surface area contributed by atoms with Crippen molar-refractivity contribution in [1.82, 2.24) is 0 Å². The lowest BCUT2D eigenvalue weighted by molar-refractivity contribution is 0.215. The first kappa shape index (κ1) is 12.7. The van der Waals surface area contributed by atoms with Crippen molar-refractivity contribution >= 4 is 17.3 Å². The van der Waals surface area contributed by atoms with Crippen LogP contribution in [0.5, 0.6) is 5.75 Å². The molecule has 0 aliphatic carbocycles. The third kappa shape index (κ3) is 2.42. The van der Waals surface area contributed by atoms with Crippen molar-refractivity contribution in [1.29, 1.82) is 0 Å². The number of ether oxygens (including phenoxy) is 1. The summed E-state index contributed by atoms with van der Waals surface area (Å²) in [6, 6.07) is 12.3. The molecule has 18 heavy (non-hydrogen) atoms. The molecule has 0 aromatic heterocycles. The molecule has 2 aromatic carbocycles. The monoisotopic (exact) mass is 263 g/mol. The molecule has 1 atom stereocenters. The summed E-state index contributed by atoms with van der Waals surface area (Å²) >= 11 is 5.92. The van der Waals surface area contributed by atoms with Crippen LogP contribution in [-0.4, -0.2) is 12.2 Å². The predicted molar refractivity (Wildman–Crippen MR) is 72.9 cm³/mol. The molecule has 0 aliphatic rings. The smallest absolute Gasteiger partial charge is 0.125 e. The minimum absolute atomic E-state index is 0.498. The highest BCUT2D eigenvalue weighted by Gasteiger charge is 2.17. The van der Waals surface area contributed by atoms with Gasteiger partial charge in [-0.05, 0) is 24.3 Å². The van der Waals surface area contributed by atoms with E-state index in [1.165, 1.54) is 0 Å². The zero-order valence-electron chi connectivity index (χ0n) is 9.93. The van der Waals surface area contributed by atoms with Crippen molar-refractivity contribution in [2.24, 2.45) is 0 Å². The van der Waals surface area contributed by atoms with Crippen LogP contribution in [0.15, 0.2) is 42.5 Å². The number of nitrogen functional groups attached to an aromatic ring is 1. The Morgan fingerprint density at radius 1 is 1.17 bits per heavy atom. The number of halogens is 1.